The molecule has 0 saturated heterocycles. The van der Waals surface area contributed by atoms with E-state index in [0.29, 0.717) is 11.8 Å². The van der Waals surface area contributed by atoms with E-state index in [0.717, 1.165) is 22.7 Å². The van der Waals surface area contributed by atoms with Crippen molar-refractivity contribution in [3.8, 4) is 0 Å². The third kappa shape index (κ3) is 2.14. The standard InChI is InChI=1S/C18H15ClFN/c19-12-7-8-17-16(10-12)14-5-2-6-15(14)18(21-17)11-3-1-4-13(20)9-11/h1-5,7-10,14-15,18,21H,6H2/t14-,15-,18+/m1/s1. The minimum atomic E-state index is -0.182. The van der Waals surface area contributed by atoms with Crippen molar-refractivity contribution in [3.63, 3.8) is 0 Å². The molecule has 1 aliphatic carbocycles. The van der Waals surface area contributed by atoms with Crippen molar-refractivity contribution in [2.24, 2.45) is 5.92 Å². The third-order valence-electron chi connectivity index (χ3n) is 4.53. The molecule has 0 radical (unpaired) electrons. The summed E-state index contributed by atoms with van der Waals surface area (Å²) in [6.07, 6.45) is 5.48. The molecule has 106 valence electrons. The van der Waals surface area contributed by atoms with Crippen molar-refractivity contribution < 1.29 is 4.39 Å². The monoisotopic (exact) mass is 299 g/mol. The second-order valence-corrected chi connectivity index (χ2v) is 6.20. The fourth-order valence-corrected chi connectivity index (χ4v) is 3.78. The van der Waals surface area contributed by atoms with Crippen LogP contribution in [0.4, 0.5) is 10.1 Å². The molecule has 3 atom stereocenters. The Morgan fingerprint density at radius 1 is 1.14 bits per heavy atom. The first-order valence-electron chi connectivity index (χ1n) is 7.20. The number of anilines is 1. The SMILES string of the molecule is Fc1cccc([C@@H]2Nc3ccc(Cl)cc3[C@@H]3C=CC[C@H]32)c1. The van der Waals surface area contributed by atoms with Crippen molar-refractivity contribution in [2.45, 2.75) is 18.4 Å². The summed E-state index contributed by atoms with van der Waals surface area (Å²) in [6, 6.07) is 13.0. The molecule has 1 N–H and O–H groups in total. The van der Waals surface area contributed by atoms with Gasteiger partial charge in [0.15, 0.2) is 0 Å². The van der Waals surface area contributed by atoms with Crippen molar-refractivity contribution in [3.05, 3.63) is 76.6 Å². The largest absolute Gasteiger partial charge is 0.378 e. The molecule has 0 bridgehead atoms. The number of rotatable bonds is 1. The van der Waals surface area contributed by atoms with Gasteiger partial charge in [0, 0.05) is 16.6 Å². The number of nitrogens with one attached hydrogen (secondary N) is 1. The Bertz CT molecular complexity index is 725. The quantitative estimate of drug-likeness (QED) is 0.704. The average Bonchev–Trinajstić information content (AvgIpc) is 2.96. The molecule has 2 aliphatic rings. The molecule has 1 aliphatic heterocycles. The summed E-state index contributed by atoms with van der Waals surface area (Å²) >= 11 is 6.14. The average molecular weight is 300 g/mol. The topological polar surface area (TPSA) is 12.0 Å². The van der Waals surface area contributed by atoms with E-state index in [1.165, 1.54) is 11.6 Å². The maximum Gasteiger partial charge on any atom is 0.123 e. The second-order valence-electron chi connectivity index (χ2n) is 5.76. The number of hydrogen-bond donors (Lipinski definition) is 1. The minimum Gasteiger partial charge on any atom is -0.378 e. The van der Waals surface area contributed by atoms with Gasteiger partial charge in [-0.3, -0.25) is 0 Å². The zero-order chi connectivity index (χ0) is 14.4. The van der Waals surface area contributed by atoms with Gasteiger partial charge in [0.05, 0.1) is 6.04 Å². The minimum absolute atomic E-state index is 0.134. The van der Waals surface area contributed by atoms with E-state index >= 15 is 0 Å². The fraction of sp³-hybridized carbons (Fsp3) is 0.222. The Hall–Kier alpha value is -1.80. The van der Waals surface area contributed by atoms with Gasteiger partial charge >= 0.3 is 0 Å². The maximum absolute atomic E-state index is 13.6. The summed E-state index contributed by atoms with van der Waals surface area (Å²) in [5.41, 5.74) is 3.35. The highest BCUT2D eigenvalue weighted by Crippen LogP contribution is 2.50. The van der Waals surface area contributed by atoms with Crippen LogP contribution in [0.1, 0.15) is 29.5 Å². The Morgan fingerprint density at radius 2 is 2.05 bits per heavy atom. The first kappa shape index (κ1) is 12.9. The van der Waals surface area contributed by atoms with E-state index in [2.05, 4.69) is 17.5 Å². The van der Waals surface area contributed by atoms with Gasteiger partial charge in [-0.25, -0.2) is 4.39 Å². The van der Waals surface area contributed by atoms with Crippen molar-refractivity contribution in [1.29, 1.82) is 0 Å². The summed E-state index contributed by atoms with van der Waals surface area (Å²) in [7, 11) is 0. The lowest BCUT2D eigenvalue weighted by molar-refractivity contribution is 0.424. The highest BCUT2D eigenvalue weighted by Gasteiger charge is 2.37. The summed E-state index contributed by atoms with van der Waals surface area (Å²) in [4.78, 5) is 0. The molecule has 0 unspecified atom stereocenters. The van der Waals surface area contributed by atoms with Crippen molar-refractivity contribution >= 4 is 17.3 Å². The van der Waals surface area contributed by atoms with E-state index in [1.807, 2.05) is 24.3 Å². The van der Waals surface area contributed by atoms with E-state index in [9.17, 15) is 4.39 Å². The Labute approximate surface area is 128 Å². The lowest BCUT2D eigenvalue weighted by Gasteiger charge is -2.37. The lowest BCUT2D eigenvalue weighted by Crippen LogP contribution is -2.29. The molecule has 0 fully saturated rings. The lowest BCUT2D eigenvalue weighted by atomic mass is 9.77. The van der Waals surface area contributed by atoms with Gasteiger partial charge in [-0.15, -0.1) is 0 Å². The van der Waals surface area contributed by atoms with Crippen molar-refractivity contribution in [1.82, 2.24) is 0 Å². The molecule has 0 amide bonds. The van der Waals surface area contributed by atoms with Crippen LogP contribution in [0.2, 0.25) is 5.02 Å². The van der Waals surface area contributed by atoms with Crippen LogP contribution in [0.5, 0.6) is 0 Å². The summed E-state index contributed by atoms with van der Waals surface area (Å²) in [6.45, 7) is 0. The third-order valence-corrected chi connectivity index (χ3v) is 4.77. The Balaban J connectivity index is 1.80. The van der Waals surface area contributed by atoms with Crippen LogP contribution in [0.15, 0.2) is 54.6 Å². The van der Waals surface area contributed by atoms with Gasteiger partial charge in [0.25, 0.3) is 0 Å². The van der Waals surface area contributed by atoms with Gasteiger partial charge in [-0.05, 0) is 53.8 Å². The molecular weight excluding hydrogens is 285 g/mol. The van der Waals surface area contributed by atoms with Gasteiger partial charge in [0.2, 0.25) is 0 Å². The predicted octanol–water partition coefficient (Wildman–Crippen LogP) is 5.31. The molecule has 0 spiro atoms. The van der Waals surface area contributed by atoms with Crippen LogP contribution >= 0.6 is 11.6 Å². The van der Waals surface area contributed by atoms with Crippen LogP contribution in [-0.4, -0.2) is 0 Å². The summed E-state index contributed by atoms with van der Waals surface area (Å²) in [5, 5.41) is 4.34. The second kappa shape index (κ2) is 4.88. The van der Waals surface area contributed by atoms with E-state index in [1.54, 1.807) is 12.1 Å². The van der Waals surface area contributed by atoms with E-state index in [-0.39, 0.29) is 11.9 Å². The van der Waals surface area contributed by atoms with Crippen LogP contribution in [0.25, 0.3) is 0 Å². The molecule has 2 aromatic rings. The van der Waals surface area contributed by atoms with Crippen LogP contribution < -0.4 is 5.32 Å². The van der Waals surface area contributed by atoms with Gasteiger partial charge in [-0.1, -0.05) is 35.9 Å². The van der Waals surface area contributed by atoms with E-state index in [4.69, 9.17) is 11.6 Å². The first-order valence-corrected chi connectivity index (χ1v) is 7.58. The van der Waals surface area contributed by atoms with Gasteiger partial charge in [0.1, 0.15) is 5.82 Å². The maximum atomic E-state index is 13.6. The number of fused-ring (bicyclic) bond motifs is 3. The van der Waals surface area contributed by atoms with Crippen LogP contribution in [0, 0.1) is 11.7 Å². The zero-order valence-electron chi connectivity index (χ0n) is 11.4. The highest BCUT2D eigenvalue weighted by atomic mass is 35.5. The van der Waals surface area contributed by atoms with Crippen LogP contribution in [-0.2, 0) is 0 Å². The summed E-state index contributed by atoms with van der Waals surface area (Å²) < 4.78 is 13.6. The number of benzene rings is 2. The number of halogens is 2. The fourth-order valence-electron chi connectivity index (χ4n) is 3.60. The predicted molar refractivity (Wildman–Crippen MR) is 84.2 cm³/mol. The molecule has 21 heavy (non-hydrogen) atoms. The molecule has 0 saturated carbocycles. The van der Waals surface area contributed by atoms with Gasteiger partial charge in [-0.2, -0.15) is 0 Å². The van der Waals surface area contributed by atoms with E-state index < -0.39 is 0 Å². The molecule has 1 heterocycles. The number of allylic oxidation sites excluding steroid dienone is 2. The molecule has 2 aromatic carbocycles. The molecule has 0 aromatic heterocycles. The molecule has 4 rings (SSSR count). The summed E-state index contributed by atoms with van der Waals surface area (Å²) in [5.74, 6) is 0.588. The number of hydrogen-bond acceptors (Lipinski definition) is 1. The molecule has 1 nitrogen and oxygen atoms in total. The first-order chi connectivity index (χ1) is 10.2. The van der Waals surface area contributed by atoms with Gasteiger partial charge < -0.3 is 5.32 Å². The Kier molecular flexibility index (Phi) is 3.00. The smallest absolute Gasteiger partial charge is 0.123 e. The molecule has 3 heteroatoms. The Morgan fingerprint density at radius 3 is 2.90 bits per heavy atom. The van der Waals surface area contributed by atoms with Crippen LogP contribution in [0.3, 0.4) is 0 Å². The van der Waals surface area contributed by atoms with Crippen molar-refractivity contribution in [2.75, 3.05) is 5.32 Å². The zero-order valence-corrected chi connectivity index (χ0v) is 12.1. The molecular formula is C18H15ClFN. The normalized spacial score (nSPS) is 26.1. The highest BCUT2D eigenvalue weighted by molar-refractivity contribution is 6.30.